The average molecular weight is 393 g/mol. The standard InChI is InChI=1S/C20H23N7O2/c1-13-19(14(2)29-25-13)20(28)27-10-8-26(9-11-27)18-12-17(22-15(3)23-18)24-16-6-4-5-7-21-16/h4-7,12H,8-11H2,1-3H3,(H,21,22,23,24). The molecule has 1 aliphatic rings. The van der Waals surface area contributed by atoms with E-state index in [1.54, 1.807) is 20.0 Å². The summed E-state index contributed by atoms with van der Waals surface area (Å²) in [6, 6.07) is 7.58. The van der Waals surface area contributed by atoms with Gasteiger partial charge in [-0.2, -0.15) is 0 Å². The van der Waals surface area contributed by atoms with Gasteiger partial charge >= 0.3 is 0 Å². The molecule has 0 atom stereocenters. The maximum Gasteiger partial charge on any atom is 0.259 e. The van der Waals surface area contributed by atoms with Crippen molar-refractivity contribution in [3.05, 3.63) is 53.3 Å². The lowest BCUT2D eigenvalue weighted by molar-refractivity contribution is 0.0744. The van der Waals surface area contributed by atoms with Gasteiger partial charge < -0.3 is 19.6 Å². The maximum absolute atomic E-state index is 12.8. The first kappa shape index (κ1) is 18.9. The van der Waals surface area contributed by atoms with Crippen LogP contribution in [0.3, 0.4) is 0 Å². The second kappa shape index (κ2) is 7.86. The van der Waals surface area contributed by atoms with Crippen molar-refractivity contribution >= 4 is 23.4 Å². The molecule has 0 aliphatic carbocycles. The van der Waals surface area contributed by atoms with Gasteiger partial charge in [0.15, 0.2) is 0 Å². The Labute approximate surface area is 168 Å². The number of nitrogens with zero attached hydrogens (tertiary/aromatic N) is 6. The van der Waals surface area contributed by atoms with Crippen LogP contribution in [0.15, 0.2) is 35.0 Å². The smallest absolute Gasteiger partial charge is 0.259 e. The van der Waals surface area contributed by atoms with E-state index in [1.165, 1.54) is 0 Å². The van der Waals surface area contributed by atoms with Gasteiger partial charge in [-0.05, 0) is 32.9 Å². The Kier molecular flexibility index (Phi) is 5.11. The molecule has 1 N–H and O–H groups in total. The van der Waals surface area contributed by atoms with E-state index in [0.717, 1.165) is 11.6 Å². The molecule has 150 valence electrons. The number of aromatic nitrogens is 4. The van der Waals surface area contributed by atoms with E-state index in [1.807, 2.05) is 36.1 Å². The molecule has 29 heavy (non-hydrogen) atoms. The summed E-state index contributed by atoms with van der Waals surface area (Å²) >= 11 is 0. The van der Waals surface area contributed by atoms with Crippen LogP contribution in [0.1, 0.15) is 27.6 Å². The second-order valence-electron chi connectivity index (χ2n) is 6.98. The zero-order valence-corrected chi connectivity index (χ0v) is 16.7. The van der Waals surface area contributed by atoms with Crippen LogP contribution in [-0.4, -0.2) is 57.1 Å². The Morgan fingerprint density at radius 2 is 1.86 bits per heavy atom. The fourth-order valence-electron chi connectivity index (χ4n) is 3.43. The lowest BCUT2D eigenvalue weighted by atomic mass is 10.1. The highest BCUT2D eigenvalue weighted by Gasteiger charge is 2.27. The molecular weight excluding hydrogens is 370 g/mol. The summed E-state index contributed by atoms with van der Waals surface area (Å²) in [6.45, 7) is 8.01. The highest BCUT2D eigenvalue weighted by atomic mass is 16.5. The SMILES string of the molecule is Cc1nc(Nc2ccccn2)cc(N2CCN(C(=O)c3c(C)noc3C)CC2)n1. The summed E-state index contributed by atoms with van der Waals surface area (Å²) < 4.78 is 5.14. The average Bonchev–Trinajstić information content (AvgIpc) is 3.06. The first-order valence-electron chi connectivity index (χ1n) is 9.52. The molecule has 9 nitrogen and oxygen atoms in total. The van der Waals surface area contributed by atoms with Gasteiger partial charge in [0.05, 0.1) is 5.69 Å². The van der Waals surface area contributed by atoms with Crippen LogP contribution in [0.5, 0.6) is 0 Å². The summed E-state index contributed by atoms with van der Waals surface area (Å²) in [7, 11) is 0. The summed E-state index contributed by atoms with van der Waals surface area (Å²) in [6.07, 6.45) is 1.73. The van der Waals surface area contributed by atoms with Crippen LogP contribution in [0.4, 0.5) is 17.5 Å². The maximum atomic E-state index is 12.8. The van der Waals surface area contributed by atoms with Crippen molar-refractivity contribution in [3.8, 4) is 0 Å². The Morgan fingerprint density at radius 1 is 1.07 bits per heavy atom. The molecule has 0 radical (unpaired) electrons. The van der Waals surface area contributed by atoms with E-state index in [2.05, 4.69) is 30.3 Å². The van der Waals surface area contributed by atoms with Gasteiger partial charge in [-0.3, -0.25) is 4.79 Å². The number of piperazine rings is 1. The van der Waals surface area contributed by atoms with Crippen molar-refractivity contribution in [2.45, 2.75) is 20.8 Å². The van der Waals surface area contributed by atoms with Crippen molar-refractivity contribution in [3.63, 3.8) is 0 Å². The highest BCUT2D eigenvalue weighted by molar-refractivity contribution is 5.96. The van der Waals surface area contributed by atoms with Gasteiger partial charge in [0.1, 0.15) is 34.6 Å². The third-order valence-corrected chi connectivity index (χ3v) is 4.88. The molecule has 0 aromatic carbocycles. The fourth-order valence-corrected chi connectivity index (χ4v) is 3.43. The monoisotopic (exact) mass is 393 g/mol. The molecule has 4 heterocycles. The number of carbonyl (C=O) groups is 1. The first-order valence-corrected chi connectivity index (χ1v) is 9.52. The molecule has 1 amide bonds. The molecule has 9 heteroatoms. The lowest BCUT2D eigenvalue weighted by Crippen LogP contribution is -2.49. The number of anilines is 3. The summed E-state index contributed by atoms with van der Waals surface area (Å²) in [5.41, 5.74) is 1.20. The molecule has 3 aromatic heterocycles. The van der Waals surface area contributed by atoms with Crippen LogP contribution >= 0.6 is 0 Å². The van der Waals surface area contributed by atoms with E-state index in [9.17, 15) is 4.79 Å². The minimum atomic E-state index is -0.0303. The van der Waals surface area contributed by atoms with Gasteiger partial charge in [-0.1, -0.05) is 11.2 Å². The Hall–Kier alpha value is -3.49. The number of amides is 1. The van der Waals surface area contributed by atoms with Crippen molar-refractivity contribution in [2.24, 2.45) is 0 Å². The Balaban J connectivity index is 1.45. The number of aryl methyl sites for hydroxylation is 3. The zero-order chi connectivity index (χ0) is 20.4. The van der Waals surface area contributed by atoms with E-state index in [-0.39, 0.29) is 5.91 Å². The Bertz CT molecular complexity index is 991. The number of hydrogen-bond donors (Lipinski definition) is 1. The van der Waals surface area contributed by atoms with Crippen LogP contribution in [0.2, 0.25) is 0 Å². The molecule has 1 fully saturated rings. The molecule has 1 saturated heterocycles. The van der Waals surface area contributed by atoms with Gasteiger partial charge in [-0.15, -0.1) is 0 Å². The predicted octanol–water partition coefficient (Wildman–Crippen LogP) is 2.49. The second-order valence-corrected chi connectivity index (χ2v) is 6.98. The van der Waals surface area contributed by atoms with Crippen LogP contribution < -0.4 is 10.2 Å². The molecule has 1 aliphatic heterocycles. The van der Waals surface area contributed by atoms with Gasteiger partial charge in [-0.25, -0.2) is 15.0 Å². The third kappa shape index (κ3) is 4.03. The highest BCUT2D eigenvalue weighted by Crippen LogP contribution is 2.21. The molecule has 0 bridgehead atoms. The lowest BCUT2D eigenvalue weighted by Gasteiger charge is -2.35. The molecule has 4 rings (SSSR count). The number of carbonyl (C=O) groups excluding carboxylic acids is 1. The van der Waals surface area contributed by atoms with E-state index in [0.29, 0.717) is 54.8 Å². The zero-order valence-electron chi connectivity index (χ0n) is 16.7. The first-order chi connectivity index (χ1) is 14.0. The normalized spacial score (nSPS) is 14.2. The molecular formula is C20H23N7O2. The fraction of sp³-hybridized carbons (Fsp3) is 0.350. The van der Waals surface area contributed by atoms with Crippen molar-refractivity contribution in [1.29, 1.82) is 0 Å². The number of pyridine rings is 1. The van der Waals surface area contributed by atoms with E-state index in [4.69, 9.17) is 4.52 Å². The molecule has 0 spiro atoms. The Morgan fingerprint density at radius 3 is 2.52 bits per heavy atom. The molecule has 0 unspecified atom stereocenters. The van der Waals surface area contributed by atoms with E-state index >= 15 is 0 Å². The summed E-state index contributed by atoms with van der Waals surface area (Å²) in [5, 5.41) is 7.10. The van der Waals surface area contributed by atoms with Crippen LogP contribution in [0.25, 0.3) is 0 Å². The minimum Gasteiger partial charge on any atom is -0.361 e. The number of nitrogens with one attached hydrogen (secondary N) is 1. The largest absolute Gasteiger partial charge is 0.361 e. The van der Waals surface area contributed by atoms with Gasteiger partial charge in [0.2, 0.25) is 0 Å². The van der Waals surface area contributed by atoms with Crippen LogP contribution in [0, 0.1) is 20.8 Å². The van der Waals surface area contributed by atoms with Crippen molar-refractivity contribution < 1.29 is 9.32 Å². The molecule has 0 saturated carbocycles. The molecule has 3 aromatic rings. The third-order valence-electron chi connectivity index (χ3n) is 4.88. The van der Waals surface area contributed by atoms with E-state index < -0.39 is 0 Å². The topological polar surface area (TPSA) is 100 Å². The predicted molar refractivity (Wildman–Crippen MR) is 108 cm³/mol. The summed E-state index contributed by atoms with van der Waals surface area (Å²) in [5.74, 6) is 3.46. The summed E-state index contributed by atoms with van der Waals surface area (Å²) in [4.78, 5) is 30.1. The van der Waals surface area contributed by atoms with Crippen LogP contribution in [-0.2, 0) is 0 Å². The van der Waals surface area contributed by atoms with Crippen molar-refractivity contribution in [1.82, 2.24) is 25.0 Å². The number of hydrogen-bond acceptors (Lipinski definition) is 8. The van der Waals surface area contributed by atoms with Gasteiger partial charge in [0.25, 0.3) is 5.91 Å². The minimum absolute atomic E-state index is 0.0303. The van der Waals surface area contributed by atoms with Crippen molar-refractivity contribution in [2.75, 3.05) is 36.4 Å². The number of rotatable bonds is 4. The quantitative estimate of drug-likeness (QED) is 0.722. The van der Waals surface area contributed by atoms with Gasteiger partial charge in [0, 0.05) is 38.4 Å².